The maximum Gasteiger partial charge on any atom is 0.226 e. The molecule has 6 rings (SSSR count). The van der Waals surface area contributed by atoms with Gasteiger partial charge in [-0.1, -0.05) is 48.5 Å². The van der Waals surface area contributed by atoms with Crippen molar-refractivity contribution in [3.05, 3.63) is 65.7 Å². The van der Waals surface area contributed by atoms with Gasteiger partial charge in [0, 0.05) is 12.1 Å². The summed E-state index contributed by atoms with van der Waals surface area (Å²) in [6, 6.07) is 18.9. The Morgan fingerprint density at radius 2 is 1.68 bits per heavy atom. The summed E-state index contributed by atoms with van der Waals surface area (Å²) in [5.74, 6) is 2.49. The second-order valence-electron chi connectivity index (χ2n) is 9.38. The molecular formula is C25H29NO2. The van der Waals surface area contributed by atoms with Crippen LogP contribution in [0.1, 0.15) is 49.7 Å². The number of methoxy groups -OCH3 is 1. The molecule has 0 spiro atoms. The van der Waals surface area contributed by atoms with Gasteiger partial charge in [-0.3, -0.25) is 4.79 Å². The van der Waals surface area contributed by atoms with E-state index in [1.165, 1.54) is 24.8 Å². The summed E-state index contributed by atoms with van der Waals surface area (Å²) < 4.78 is 5.45. The van der Waals surface area contributed by atoms with Crippen LogP contribution >= 0.6 is 0 Å². The van der Waals surface area contributed by atoms with Crippen molar-refractivity contribution in [2.24, 2.45) is 17.3 Å². The lowest BCUT2D eigenvalue weighted by atomic mass is 9.42. The highest BCUT2D eigenvalue weighted by atomic mass is 16.5. The van der Waals surface area contributed by atoms with Crippen molar-refractivity contribution in [2.75, 3.05) is 7.11 Å². The van der Waals surface area contributed by atoms with Gasteiger partial charge in [0.2, 0.25) is 5.91 Å². The molecule has 146 valence electrons. The quantitative estimate of drug-likeness (QED) is 0.811. The number of hydrogen-bond acceptors (Lipinski definition) is 2. The van der Waals surface area contributed by atoms with E-state index in [0.717, 1.165) is 30.6 Å². The van der Waals surface area contributed by atoms with Crippen LogP contribution in [0, 0.1) is 17.3 Å². The van der Waals surface area contributed by atoms with E-state index in [1.54, 1.807) is 7.11 Å². The Morgan fingerprint density at radius 3 is 2.39 bits per heavy atom. The van der Waals surface area contributed by atoms with Gasteiger partial charge in [0.1, 0.15) is 5.75 Å². The van der Waals surface area contributed by atoms with Gasteiger partial charge in [-0.05, 0) is 67.4 Å². The molecule has 4 fully saturated rings. The van der Waals surface area contributed by atoms with Crippen LogP contribution in [-0.4, -0.2) is 13.0 Å². The maximum atomic E-state index is 13.5. The number of ether oxygens (including phenoxy) is 1. The highest BCUT2D eigenvalue weighted by Gasteiger charge is 2.60. The molecule has 2 atom stereocenters. The Labute approximate surface area is 167 Å². The van der Waals surface area contributed by atoms with Crippen LogP contribution < -0.4 is 10.1 Å². The molecule has 0 saturated heterocycles. The first kappa shape index (κ1) is 17.8. The van der Waals surface area contributed by atoms with Gasteiger partial charge in [0.15, 0.2) is 0 Å². The van der Waals surface area contributed by atoms with Crippen LogP contribution in [0.5, 0.6) is 5.75 Å². The second-order valence-corrected chi connectivity index (χ2v) is 9.38. The largest absolute Gasteiger partial charge is 0.496 e. The number of hydrogen-bond donors (Lipinski definition) is 1. The number of nitrogens with one attached hydrogen (secondary N) is 1. The normalized spacial score (nSPS) is 32.9. The molecule has 2 aromatic rings. The molecular weight excluding hydrogens is 346 g/mol. The van der Waals surface area contributed by atoms with E-state index < -0.39 is 0 Å². The Bertz CT molecular complexity index is 861. The minimum absolute atomic E-state index is 0.193. The number of carbonyl (C=O) groups excluding carboxylic acids is 1. The predicted octanol–water partition coefficient (Wildman–Crippen LogP) is 4.85. The number of carbonyl (C=O) groups is 1. The molecule has 4 saturated carbocycles. The number of benzene rings is 2. The lowest BCUT2D eigenvalue weighted by molar-refractivity contribution is -0.149. The van der Waals surface area contributed by atoms with Crippen LogP contribution in [0.3, 0.4) is 0 Å². The molecule has 1 amide bonds. The highest BCUT2D eigenvalue weighted by molar-refractivity contribution is 5.83. The average Bonchev–Trinajstić information content (AvgIpc) is 2.72. The van der Waals surface area contributed by atoms with Gasteiger partial charge in [-0.25, -0.2) is 0 Å². The molecule has 3 nitrogen and oxygen atoms in total. The van der Waals surface area contributed by atoms with E-state index in [9.17, 15) is 4.79 Å². The van der Waals surface area contributed by atoms with Crippen molar-refractivity contribution < 1.29 is 9.53 Å². The van der Waals surface area contributed by atoms with Gasteiger partial charge in [0.05, 0.1) is 12.5 Å². The Kier molecular flexibility index (Phi) is 4.22. The van der Waals surface area contributed by atoms with E-state index in [2.05, 4.69) is 35.6 Å². The molecule has 3 heteroatoms. The van der Waals surface area contributed by atoms with Crippen molar-refractivity contribution in [1.82, 2.24) is 5.32 Å². The molecule has 2 unspecified atom stereocenters. The van der Waals surface area contributed by atoms with Crippen LogP contribution in [0.25, 0.3) is 0 Å². The summed E-state index contributed by atoms with van der Waals surface area (Å²) in [5, 5.41) is 3.28. The summed E-state index contributed by atoms with van der Waals surface area (Å²) in [6.45, 7) is 0.540. The molecule has 0 aliphatic heterocycles. The van der Waals surface area contributed by atoms with E-state index in [0.29, 0.717) is 18.4 Å². The van der Waals surface area contributed by atoms with E-state index in [1.807, 2.05) is 24.3 Å². The van der Waals surface area contributed by atoms with Gasteiger partial charge >= 0.3 is 0 Å². The SMILES string of the molecule is COc1ccccc1CNC(=O)C12CC3CC(C1)CC(c1ccccc1)(C3)C2. The third kappa shape index (κ3) is 2.83. The van der Waals surface area contributed by atoms with Crippen molar-refractivity contribution in [2.45, 2.75) is 50.5 Å². The topological polar surface area (TPSA) is 38.3 Å². The lowest BCUT2D eigenvalue weighted by Crippen LogP contribution is -2.59. The van der Waals surface area contributed by atoms with Gasteiger partial charge < -0.3 is 10.1 Å². The van der Waals surface area contributed by atoms with E-state index >= 15 is 0 Å². The third-order valence-electron chi connectivity index (χ3n) is 7.56. The molecule has 2 aromatic carbocycles. The van der Waals surface area contributed by atoms with E-state index in [-0.39, 0.29) is 16.7 Å². The molecule has 1 N–H and O–H groups in total. The first-order valence-corrected chi connectivity index (χ1v) is 10.6. The van der Waals surface area contributed by atoms with E-state index in [4.69, 9.17) is 4.74 Å². The molecule has 0 heterocycles. The fraction of sp³-hybridized carbons (Fsp3) is 0.480. The predicted molar refractivity (Wildman–Crippen MR) is 110 cm³/mol. The summed E-state index contributed by atoms with van der Waals surface area (Å²) in [6.07, 6.45) is 6.97. The molecule has 28 heavy (non-hydrogen) atoms. The van der Waals surface area contributed by atoms with Gasteiger partial charge in [0.25, 0.3) is 0 Å². The Morgan fingerprint density at radius 1 is 1.00 bits per heavy atom. The minimum Gasteiger partial charge on any atom is -0.496 e. The fourth-order valence-corrected chi connectivity index (χ4v) is 6.87. The van der Waals surface area contributed by atoms with Crippen LogP contribution in [-0.2, 0) is 16.8 Å². The zero-order valence-electron chi connectivity index (χ0n) is 16.6. The standard InChI is InChI=1S/C25H29NO2/c1-28-22-10-6-5-7-20(22)16-26-23(27)25-14-18-11-19(15-25)13-24(12-18,17-25)21-8-3-2-4-9-21/h2-10,18-19H,11-17H2,1H3,(H,26,27). The van der Waals surface area contributed by atoms with Crippen molar-refractivity contribution in [1.29, 1.82) is 0 Å². The molecule has 4 aliphatic rings. The number of amides is 1. The average molecular weight is 376 g/mol. The summed E-state index contributed by atoms with van der Waals surface area (Å²) in [4.78, 5) is 13.5. The molecule has 4 aliphatic carbocycles. The first-order valence-electron chi connectivity index (χ1n) is 10.6. The summed E-state index contributed by atoms with van der Waals surface area (Å²) >= 11 is 0. The third-order valence-corrected chi connectivity index (χ3v) is 7.56. The van der Waals surface area contributed by atoms with Crippen molar-refractivity contribution in [3.63, 3.8) is 0 Å². The maximum absolute atomic E-state index is 13.5. The lowest BCUT2D eigenvalue weighted by Gasteiger charge is -2.61. The van der Waals surface area contributed by atoms with Crippen LogP contribution in [0.2, 0.25) is 0 Å². The molecule has 0 aromatic heterocycles. The first-order chi connectivity index (χ1) is 13.6. The molecule has 4 bridgehead atoms. The zero-order valence-corrected chi connectivity index (χ0v) is 16.6. The van der Waals surface area contributed by atoms with Gasteiger partial charge in [-0.2, -0.15) is 0 Å². The smallest absolute Gasteiger partial charge is 0.226 e. The number of rotatable bonds is 5. The second kappa shape index (κ2) is 6.65. The highest BCUT2D eigenvalue weighted by Crippen LogP contribution is 2.65. The Hall–Kier alpha value is -2.29. The molecule has 0 radical (unpaired) electrons. The van der Waals surface area contributed by atoms with Crippen molar-refractivity contribution in [3.8, 4) is 5.75 Å². The summed E-state index contributed by atoms with van der Waals surface area (Å²) in [7, 11) is 1.68. The Balaban J connectivity index is 1.39. The monoisotopic (exact) mass is 375 g/mol. The van der Waals surface area contributed by atoms with Crippen LogP contribution in [0.4, 0.5) is 0 Å². The zero-order chi connectivity index (χ0) is 19.2. The summed E-state index contributed by atoms with van der Waals surface area (Å²) in [5.41, 5.74) is 2.50. The fourth-order valence-electron chi connectivity index (χ4n) is 6.87. The van der Waals surface area contributed by atoms with Crippen molar-refractivity contribution >= 4 is 5.91 Å². The van der Waals surface area contributed by atoms with Gasteiger partial charge in [-0.15, -0.1) is 0 Å². The number of para-hydroxylation sites is 1. The van der Waals surface area contributed by atoms with Crippen LogP contribution in [0.15, 0.2) is 54.6 Å². The minimum atomic E-state index is -0.193.